The lowest BCUT2D eigenvalue weighted by molar-refractivity contribution is -0.119. The van der Waals surface area contributed by atoms with Crippen molar-refractivity contribution in [1.29, 1.82) is 0 Å². The summed E-state index contributed by atoms with van der Waals surface area (Å²) < 4.78 is 1.78. The Morgan fingerprint density at radius 3 is 2.68 bits per heavy atom. The van der Waals surface area contributed by atoms with Crippen LogP contribution in [0.4, 0.5) is 0 Å². The summed E-state index contributed by atoms with van der Waals surface area (Å²) in [6.07, 6.45) is 5.15. The molecule has 0 aliphatic rings. The minimum absolute atomic E-state index is 0.0286. The van der Waals surface area contributed by atoms with Gasteiger partial charge in [0.15, 0.2) is 5.65 Å². The van der Waals surface area contributed by atoms with Crippen molar-refractivity contribution >= 4 is 28.7 Å². The number of rotatable bonds is 7. The Labute approximate surface area is 151 Å². The molecule has 130 valence electrons. The molecule has 0 unspecified atom stereocenters. The van der Waals surface area contributed by atoms with E-state index in [9.17, 15) is 4.79 Å². The van der Waals surface area contributed by atoms with Gasteiger partial charge in [-0.25, -0.2) is 14.6 Å². The maximum absolute atomic E-state index is 12.1. The Hall–Kier alpha value is -2.41. The largest absolute Gasteiger partial charge is 0.353 e. The lowest BCUT2D eigenvalue weighted by Gasteiger charge is -2.14. The van der Waals surface area contributed by atoms with Crippen molar-refractivity contribution in [2.75, 3.05) is 5.75 Å². The van der Waals surface area contributed by atoms with Gasteiger partial charge in [0, 0.05) is 6.04 Å². The van der Waals surface area contributed by atoms with E-state index in [0.29, 0.717) is 5.75 Å². The molecule has 7 heteroatoms. The predicted octanol–water partition coefficient (Wildman–Crippen LogP) is 3.21. The van der Waals surface area contributed by atoms with Gasteiger partial charge in [-0.05, 0) is 25.0 Å². The van der Waals surface area contributed by atoms with Gasteiger partial charge < -0.3 is 5.32 Å². The Morgan fingerprint density at radius 2 is 1.96 bits per heavy atom. The Balaban J connectivity index is 1.77. The summed E-state index contributed by atoms with van der Waals surface area (Å²) in [6, 6.07) is 10.1. The number of amides is 1. The molecule has 0 fully saturated rings. The Morgan fingerprint density at radius 1 is 1.20 bits per heavy atom. The molecule has 25 heavy (non-hydrogen) atoms. The molecule has 1 amide bonds. The van der Waals surface area contributed by atoms with Crippen LogP contribution in [0.25, 0.3) is 16.7 Å². The van der Waals surface area contributed by atoms with Crippen LogP contribution in [-0.4, -0.2) is 37.5 Å². The second kappa shape index (κ2) is 8.11. The van der Waals surface area contributed by atoms with E-state index in [4.69, 9.17) is 0 Å². The lowest BCUT2D eigenvalue weighted by atomic mass is 10.2. The fourth-order valence-corrected chi connectivity index (χ4v) is 3.36. The summed E-state index contributed by atoms with van der Waals surface area (Å²) in [5.41, 5.74) is 1.68. The number of fused-ring (bicyclic) bond motifs is 1. The summed E-state index contributed by atoms with van der Waals surface area (Å²) in [7, 11) is 0. The van der Waals surface area contributed by atoms with E-state index in [1.54, 1.807) is 10.9 Å². The second-order valence-electron chi connectivity index (χ2n) is 5.68. The highest BCUT2D eigenvalue weighted by Gasteiger charge is 2.14. The average Bonchev–Trinajstić information content (AvgIpc) is 3.09. The molecule has 1 aromatic carbocycles. The minimum Gasteiger partial charge on any atom is -0.353 e. The highest BCUT2D eigenvalue weighted by atomic mass is 32.2. The van der Waals surface area contributed by atoms with Gasteiger partial charge in [0.2, 0.25) is 5.91 Å². The number of carbonyl (C=O) groups is 1. The molecule has 0 atom stereocenters. The van der Waals surface area contributed by atoms with Crippen LogP contribution in [0.2, 0.25) is 0 Å². The SMILES string of the molecule is CCC(CC)NC(=O)CSc1ncnc2c1cnn2-c1ccccc1. The molecule has 3 rings (SSSR count). The lowest BCUT2D eigenvalue weighted by Crippen LogP contribution is -2.35. The molecule has 1 N–H and O–H groups in total. The Kier molecular flexibility index (Phi) is 5.65. The molecular weight excluding hydrogens is 334 g/mol. The predicted molar refractivity (Wildman–Crippen MR) is 99.9 cm³/mol. The van der Waals surface area contributed by atoms with Gasteiger partial charge in [0.05, 0.1) is 23.0 Å². The molecule has 0 spiro atoms. The molecule has 0 aliphatic carbocycles. The van der Waals surface area contributed by atoms with Crippen LogP contribution < -0.4 is 5.32 Å². The van der Waals surface area contributed by atoms with Crippen LogP contribution in [0.5, 0.6) is 0 Å². The normalized spacial score (nSPS) is 11.2. The van der Waals surface area contributed by atoms with Crippen molar-refractivity contribution in [2.45, 2.75) is 37.8 Å². The van der Waals surface area contributed by atoms with Crippen LogP contribution in [0.3, 0.4) is 0 Å². The van der Waals surface area contributed by atoms with E-state index >= 15 is 0 Å². The van der Waals surface area contributed by atoms with E-state index in [-0.39, 0.29) is 11.9 Å². The van der Waals surface area contributed by atoms with E-state index in [1.165, 1.54) is 18.1 Å². The quantitative estimate of drug-likeness (QED) is 0.520. The highest BCUT2D eigenvalue weighted by Crippen LogP contribution is 2.25. The first-order chi connectivity index (χ1) is 12.2. The topological polar surface area (TPSA) is 72.7 Å². The first kappa shape index (κ1) is 17.4. The number of aromatic nitrogens is 4. The molecule has 0 saturated carbocycles. The maximum Gasteiger partial charge on any atom is 0.230 e. The standard InChI is InChI=1S/C18H21N5OS/c1-3-13(4-2)22-16(24)11-25-18-15-10-21-23(17(15)19-12-20-18)14-8-6-5-7-9-14/h5-10,12-13H,3-4,11H2,1-2H3,(H,22,24). The van der Waals surface area contributed by atoms with E-state index in [2.05, 4.69) is 34.2 Å². The fourth-order valence-electron chi connectivity index (χ4n) is 2.59. The first-order valence-electron chi connectivity index (χ1n) is 8.39. The molecule has 2 aromatic heterocycles. The van der Waals surface area contributed by atoms with E-state index in [1.807, 2.05) is 30.3 Å². The average molecular weight is 355 g/mol. The van der Waals surface area contributed by atoms with Gasteiger partial charge >= 0.3 is 0 Å². The van der Waals surface area contributed by atoms with Crippen molar-refractivity contribution in [2.24, 2.45) is 0 Å². The number of carbonyl (C=O) groups excluding carboxylic acids is 1. The zero-order valence-electron chi connectivity index (χ0n) is 14.3. The number of nitrogens with one attached hydrogen (secondary N) is 1. The van der Waals surface area contributed by atoms with Crippen LogP contribution in [0.15, 0.2) is 47.9 Å². The molecule has 3 aromatic rings. The monoisotopic (exact) mass is 355 g/mol. The third-order valence-corrected chi connectivity index (χ3v) is 5.03. The zero-order valence-corrected chi connectivity index (χ0v) is 15.2. The molecular formula is C18H21N5OS. The summed E-state index contributed by atoms with van der Waals surface area (Å²) in [5.74, 6) is 0.361. The third-order valence-electron chi connectivity index (χ3n) is 4.02. The molecule has 2 heterocycles. The summed E-state index contributed by atoms with van der Waals surface area (Å²) >= 11 is 1.41. The number of benzene rings is 1. The third kappa shape index (κ3) is 3.99. The Bertz CT molecular complexity index is 845. The van der Waals surface area contributed by atoms with Gasteiger partial charge in [-0.15, -0.1) is 0 Å². The minimum atomic E-state index is 0.0286. The fraction of sp³-hybridized carbons (Fsp3) is 0.333. The molecule has 0 radical (unpaired) electrons. The van der Waals surface area contributed by atoms with Crippen molar-refractivity contribution in [1.82, 2.24) is 25.1 Å². The van der Waals surface area contributed by atoms with E-state index < -0.39 is 0 Å². The van der Waals surface area contributed by atoms with Gasteiger partial charge in [-0.2, -0.15) is 5.10 Å². The highest BCUT2D eigenvalue weighted by molar-refractivity contribution is 8.00. The summed E-state index contributed by atoms with van der Waals surface area (Å²) in [6.45, 7) is 4.15. The second-order valence-corrected chi connectivity index (χ2v) is 6.64. The van der Waals surface area contributed by atoms with Crippen LogP contribution in [0.1, 0.15) is 26.7 Å². The first-order valence-corrected chi connectivity index (χ1v) is 9.37. The van der Waals surface area contributed by atoms with Gasteiger partial charge in [0.1, 0.15) is 11.4 Å². The van der Waals surface area contributed by atoms with Crippen LogP contribution >= 0.6 is 11.8 Å². The number of hydrogen-bond donors (Lipinski definition) is 1. The number of nitrogens with zero attached hydrogens (tertiary/aromatic N) is 4. The van der Waals surface area contributed by atoms with Crippen molar-refractivity contribution < 1.29 is 4.79 Å². The molecule has 6 nitrogen and oxygen atoms in total. The van der Waals surface area contributed by atoms with Crippen molar-refractivity contribution in [3.05, 3.63) is 42.9 Å². The number of thioether (sulfide) groups is 1. The summed E-state index contributed by atoms with van der Waals surface area (Å²) in [4.78, 5) is 20.8. The molecule has 0 bridgehead atoms. The van der Waals surface area contributed by atoms with Crippen molar-refractivity contribution in [3.63, 3.8) is 0 Å². The van der Waals surface area contributed by atoms with Gasteiger partial charge in [-0.1, -0.05) is 43.8 Å². The maximum atomic E-state index is 12.1. The number of hydrogen-bond acceptors (Lipinski definition) is 5. The number of para-hydroxylation sites is 1. The summed E-state index contributed by atoms with van der Waals surface area (Å²) in [5, 5.41) is 9.09. The molecule has 0 saturated heterocycles. The van der Waals surface area contributed by atoms with Gasteiger partial charge in [-0.3, -0.25) is 4.79 Å². The van der Waals surface area contributed by atoms with Crippen LogP contribution in [0, 0.1) is 0 Å². The van der Waals surface area contributed by atoms with Crippen LogP contribution in [-0.2, 0) is 4.79 Å². The van der Waals surface area contributed by atoms with E-state index in [0.717, 1.165) is 34.6 Å². The molecule has 0 aliphatic heterocycles. The van der Waals surface area contributed by atoms with Gasteiger partial charge in [0.25, 0.3) is 0 Å². The zero-order chi connectivity index (χ0) is 17.6. The van der Waals surface area contributed by atoms with Crippen molar-refractivity contribution in [3.8, 4) is 5.69 Å². The smallest absolute Gasteiger partial charge is 0.230 e.